The zero-order chi connectivity index (χ0) is 13.0. The summed E-state index contributed by atoms with van der Waals surface area (Å²) in [4.78, 5) is 4.78. The van der Waals surface area contributed by atoms with Gasteiger partial charge in [-0.05, 0) is 24.7 Å². The SMILES string of the molecule is CN1CCN(CC(CN)c2ccc(F)cc2)CC1. The molecule has 1 aliphatic rings. The molecule has 2 rings (SSSR count). The van der Waals surface area contributed by atoms with E-state index in [1.165, 1.54) is 12.1 Å². The summed E-state index contributed by atoms with van der Waals surface area (Å²) in [6, 6.07) is 6.73. The number of likely N-dealkylation sites (N-methyl/N-ethyl adjacent to an activating group) is 1. The molecule has 100 valence electrons. The Labute approximate surface area is 108 Å². The molecule has 1 aromatic carbocycles. The second-order valence-electron chi connectivity index (χ2n) is 5.09. The van der Waals surface area contributed by atoms with Gasteiger partial charge < -0.3 is 15.5 Å². The topological polar surface area (TPSA) is 32.5 Å². The number of piperazine rings is 1. The highest BCUT2D eigenvalue weighted by Gasteiger charge is 2.18. The summed E-state index contributed by atoms with van der Waals surface area (Å²) in [5, 5.41) is 0. The highest BCUT2D eigenvalue weighted by Crippen LogP contribution is 2.17. The smallest absolute Gasteiger partial charge is 0.123 e. The van der Waals surface area contributed by atoms with E-state index in [2.05, 4.69) is 16.8 Å². The number of hydrogen-bond acceptors (Lipinski definition) is 3. The standard InChI is InChI=1S/C14H22FN3/c1-17-6-8-18(9-7-17)11-13(10-16)12-2-4-14(15)5-3-12/h2-5,13H,6-11,16H2,1H3. The van der Waals surface area contributed by atoms with Crippen LogP contribution in [-0.4, -0.2) is 56.1 Å². The van der Waals surface area contributed by atoms with Crippen LogP contribution in [0.1, 0.15) is 11.5 Å². The van der Waals surface area contributed by atoms with Gasteiger partial charge in [0.2, 0.25) is 0 Å². The van der Waals surface area contributed by atoms with E-state index in [1.807, 2.05) is 12.1 Å². The Morgan fingerprint density at radius 1 is 1.17 bits per heavy atom. The van der Waals surface area contributed by atoms with Crippen LogP contribution in [0.2, 0.25) is 0 Å². The molecule has 0 saturated carbocycles. The monoisotopic (exact) mass is 251 g/mol. The Hall–Kier alpha value is -0.970. The van der Waals surface area contributed by atoms with Crippen LogP contribution in [0.3, 0.4) is 0 Å². The fourth-order valence-corrected chi connectivity index (χ4v) is 2.39. The zero-order valence-corrected chi connectivity index (χ0v) is 11.0. The maximum absolute atomic E-state index is 12.9. The Morgan fingerprint density at radius 2 is 1.78 bits per heavy atom. The minimum atomic E-state index is -0.186. The van der Waals surface area contributed by atoms with E-state index in [-0.39, 0.29) is 5.82 Å². The molecule has 0 radical (unpaired) electrons. The van der Waals surface area contributed by atoms with Gasteiger partial charge in [0.15, 0.2) is 0 Å². The first-order chi connectivity index (χ1) is 8.69. The lowest BCUT2D eigenvalue weighted by Crippen LogP contribution is -2.46. The van der Waals surface area contributed by atoms with Gasteiger partial charge >= 0.3 is 0 Å². The van der Waals surface area contributed by atoms with Crippen molar-refractivity contribution in [2.75, 3.05) is 46.3 Å². The lowest BCUT2D eigenvalue weighted by Gasteiger charge is -2.34. The summed E-state index contributed by atoms with van der Waals surface area (Å²) in [5.74, 6) is 0.114. The predicted octanol–water partition coefficient (Wildman–Crippen LogP) is 1.12. The fraction of sp³-hybridized carbons (Fsp3) is 0.571. The summed E-state index contributed by atoms with van der Waals surface area (Å²) in [6.45, 7) is 5.98. The lowest BCUT2D eigenvalue weighted by atomic mass is 9.98. The van der Waals surface area contributed by atoms with Crippen molar-refractivity contribution < 1.29 is 4.39 Å². The van der Waals surface area contributed by atoms with Crippen LogP contribution in [0.4, 0.5) is 4.39 Å². The second kappa shape index (κ2) is 6.27. The lowest BCUT2D eigenvalue weighted by molar-refractivity contribution is 0.147. The van der Waals surface area contributed by atoms with E-state index in [9.17, 15) is 4.39 Å². The molecular formula is C14H22FN3. The van der Waals surface area contributed by atoms with E-state index in [0.29, 0.717) is 12.5 Å². The molecule has 0 amide bonds. The van der Waals surface area contributed by atoms with Gasteiger partial charge in [-0.1, -0.05) is 12.1 Å². The summed E-state index contributed by atoms with van der Waals surface area (Å²) >= 11 is 0. The van der Waals surface area contributed by atoms with Crippen LogP contribution in [0.5, 0.6) is 0 Å². The minimum Gasteiger partial charge on any atom is -0.330 e. The van der Waals surface area contributed by atoms with Gasteiger partial charge in [0, 0.05) is 45.2 Å². The molecule has 0 aromatic heterocycles. The Morgan fingerprint density at radius 3 is 2.33 bits per heavy atom. The van der Waals surface area contributed by atoms with Crippen LogP contribution < -0.4 is 5.73 Å². The van der Waals surface area contributed by atoms with Crippen LogP contribution >= 0.6 is 0 Å². The van der Waals surface area contributed by atoms with E-state index >= 15 is 0 Å². The van der Waals surface area contributed by atoms with Crippen molar-refractivity contribution in [1.29, 1.82) is 0 Å². The minimum absolute atomic E-state index is 0.186. The first-order valence-electron chi connectivity index (χ1n) is 6.55. The van der Waals surface area contributed by atoms with Crippen molar-refractivity contribution in [3.63, 3.8) is 0 Å². The second-order valence-corrected chi connectivity index (χ2v) is 5.09. The summed E-state index contributed by atoms with van der Waals surface area (Å²) < 4.78 is 12.9. The molecule has 0 aliphatic carbocycles. The van der Waals surface area contributed by atoms with E-state index < -0.39 is 0 Å². The maximum Gasteiger partial charge on any atom is 0.123 e. The summed E-state index contributed by atoms with van der Waals surface area (Å²) in [5.41, 5.74) is 6.99. The number of benzene rings is 1. The molecule has 3 nitrogen and oxygen atoms in total. The molecule has 1 fully saturated rings. The van der Waals surface area contributed by atoms with Crippen LogP contribution in [0.15, 0.2) is 24.3 Å². The first-order valence-corrected chi connectivity index (χ1v) is 6.55. The highest BCUT2D eigenvalue weighted by atomic mass is 19.1. The van der Waals surface area contributed by atoms with Crippen molar-refractivity contribution in [3.05, 3.63) is 35.6 Å². The number of nitrogens with two attached hydrogens (primary N) is 1. The Balaban J connectivity index is 1.94. The summed E-state index contributed by atoms with van der Waals surface area (Å²) in [7, 11) is 2.15. The van der Waals surface area contributed by atoms with Gasteiger partial charge in [0.25, 0.3) is 0 Å². The highest BCUT2D eigenvalue weighted by molar-refractivity contribution is 5.21. The maximum atomic E-state index is 12.9. The number of nitrogens with zero attached hydrogens (tertiary/aromatic N) is 2. The first kappa shape index (κ1) is 13.5. The number of hydrogen-bond donors (Lipinski definition) is 1. The molecule has 1 atom stereocenters. The third kappa shape index (κ3) is 3.51. The molecule has 1 heterocycles. The normalized spacial score (nSPS) is 19.9. The third-order valence-electron chi connectivity index (χ3n) is 3.70. The molecule has 1 unspecified atom stereocenters. The van der Waals surface area contributed by atoms with Gasteiger partial charge in [-0.3, -0.25) is 0 Å². The third-order valence-corrected chi connectivity index (χ3v) is 3.70. The van der Waals surface area contributed by atoms with Gasteiger partial charge in [-0.2, -0.15) is 0 Å². The molecular weight excluding hydrogens is 229 g/mol. The van der Waals surface area contributed by atoms with Gasteiger partial charge in [-0.15, -0.1) is 0 Å². The summed E-state index contributed by atoms with van der Waals surface area (Å²) in [6.07, 6.45) is 0. The Kier molecular flexibility index (Phi) is 4.69. The predicted molar refractivity (Wildman–Crippen MR) is 72.1 cm³/mol. The van der Waals surface area contributed by atoms with Crippen molar-refractivity contribution in [2.45, 2.75) is 5.92 Å². The van der Waals surface area contributed by atoms with E-state index in [0.717, 1.165) is 38.3 Å². The molecule has 0 spiro atoms. The van der Waals surface area contributed by atoms with Crippen molar-refractivity contribution in [3.8, 4) is 0 Å². The zero-order valence-electron chi connectivity index (χ0n) is 11.0. The average Bonchev–Trinajstić information content (AvgIpc) is 2.39. The van der Waals surface area contributed by atoms with Gasteiger partial charge in [0.05, 0.1) is 0 Å². The quantitative estimate of drug-likeness (QED) is 0.870. The van der Waals surface area contributed by atoms with Crippen molar-refractivity contribution in [2.24, 2.45) is 5.73 Å². The molecule has 2 N–H and O–H groups in total. The van der Waals surface area contributed by atoms with E-state index in [4.69, 9.17) is 5.73 Å². The largest absolute Gasteiger partial charge is 0.330 e. The van der Waals surface area contributed by atoms with Gasteiger partial charge in [-0.25, -0.2) is 4.39 Å². The number of halogens is 1. The molecule has 1 saturated heterocycles. The van der Waals surface area contributed by atoms with Gasteiger partial charge in [0.1, 0.15) is 5.82 Å². The molecule has 4 heteroatoms. The van der Waals surface area contributed by atoms with Crippen LogP contribution in [0.25, 0.3) is 0 Å². The molecule has 0 bridgehead atoms. The van der Waals surface area contributed by atoms with Crippen molar-refractivity contribution >= 4 is 0 Å². The van der Waals surface area contributed by atoms with Crippen LogP contribution in [0, 0.1) is 5.82 Å². The molecule has 1 aliphatic heterocycles. The molecule has 1 aromatic rings. The van der Waals surface area contributed by atoms with E-state index in [1.54, 1.807) is 0 Å². The average molecular weight is 251 g/mol. The fourth-order valence-electron chi connectivity index (χ4n) is 2.39. The Bertz CT molecular complexity index is 358. The van der Waals surface area contributed by atoms with Crippen LogP contribution in [-0.2, 0) is 0 Å². The molecule has 18 heavy (non-hydrogen) atoms. The number of rotatable bonds is 4. The van der Waals surface area contributed by atoms with Crippen molar-refractivity contribution in [1.82, 2.24) is 9.80 Å².